The molecule has 1 fully saturated rings. The summed E-state index contributed by atoms with van der Waals surface area (Å²) in [4.78, 5) is 13.2. The van der Waals surface area contributed by atoms with Crippen molar-refractivity contribution < 1.29 is 31.1 Å². The zero-order valence-electron chi connectivity index (χ0n) is 21.7. The van der Waals surface area contributed by atoms with Crippen molar-refractivity contribution >= 4 is 37.3 Å². The van der Waals surface area contributed by atoms with Crippen molar-refractivity contribution in [3.63, 3.8) is 0 Å². The van der Waals surface area contributed by atoms with Gasteiger partial charge in [-0.1, -0.05) is 24.6 Å². The second-order valence-electron chi connectivity index (χ2n) is 8.90. The molecule has 39 heavy (non-hydrogen) atoms. The number of sulfonamides is 2. The highest BCUT2D eigenvalue weighted by Gasteiger charge is 2.29. The summed E-state index contributed by atoms with van der Waals surface area (Å²) in [7, 11) is -4.85. The van der Waals surface area contributed by atoms with E-state index < -0.39 is 32.5 Å². The van der Waals surface area contributed by atoms with Crippen molar-refractivity contribution in [3.05, 3.63) is 72.8 Å². The number of carbonyl (C=O) groups is 1. The first kappa shape index (κ1) is 28.4. The monoisotopic (exact) mass is 573 g/mol. The molecule has 3 aromatic rings. The van der Waals surface area contributed by atoms with E-state index in [1.54, 1.807) is 24.3 Å². The maximum atomic E-state index is 13.6. The van der Waals surface area contributed by atoms with Gasteiger partial charge in [0.1, 0.15) is 6.54 Å². The zero-order chi connectivity index (χ0) is 28.0. The summed E-state index contributed by atoms with van der Waals surface area (Å²) in [6.07, 6.45) is 2.67. The molecule has 1 saturated heterocycles. The van der Waals surface area contributed by atoms with Gasteiger partial charge in [0.25, 0.3) is 10.0 Å². The maximum absolute atomic E-state index is 13.6. The lowest BCUT2D eigenvalue weighted by atomic mass is 10.2. The lowest BCUT2D eigenvalue weighted by Gasteiger charge is -2.26. The Balaban J connectivity index is 1.58. The fourth-order valence-electron chi connectivity index (χ4n) is 4.31. The highest BCUT2D eigenvalue weighted by Crippen LogP contribution is 2.34. The van der Waals surface area contributed by atoms with E-state index in [2.05, 4.69) is 5.32 Å². The highest BCUT2D eigenvalue weighted by molar-refractivity contribution is 7.92. The number of hydrogen-bond acceptors (Lipinski definition) is 7. The number of ether oxygens (including phenoxy) is 2. The van der Waals surface area contributed by atoms with E-state index >= 15 is 0 Å². The van der Waals surface area contributed by atoms with Gasteiger partial charge in [0, 0.05) is 24.8 Å². The first-order valence-electron chi connectivity index (χ1n) is 12.4. The molecule has 0 spiro atoms. The number of nitrogens with one attached hydrogen (secondary N) is 1. The first-order valence-corrected chi connectivity index (χ1v) is 15.2. The van der Waals surface area contributed by atoms with E-state index in [4.69, 9.17) is 9.47 Å². The van der Waals surface area contributed by atoms with Gasteiger partial charge in [-0.05, 0) is 61.4 Å². The van der Waals surface area contributed by atoms with Gasteiger partial charge in [-0.3, -0.25) is 9.10 Å². The molecular weight excluding hydrogens is 542 g/mol. The van der Waals surface area contributed by atoms with Gasteiger partial charge in [-0.25, -0.2) is 16.8 Å². The molecule has 1 heterocycles. The summed E-state index contributed by atoms with van der Waals surface area (Å²) in [6.45, 7) is 0.436. The van der Waals surface area contributed by atoms with Crippen LogP contribution in [-0.2, 0) is 24.8 Å². The van der Waals surface area contributed by atoms with Crippen LogP contribution in [0.4, 0.5) is 11.4 Å². The summed E-state index contributed by atoms with van der Waals surface area (Å²) >= 11 is 0. The fraction of sp³-hybridized carbons (Fsp3) is 0.296. The molecule has 10 nitrogen and oxygen atoms in total. The normalized spacial score (nSPS) is 14.4. The van der Waals surface area contributed by atoms with Crippen LogP contribution < -0.4 is 19.1 Å². The second kappa shape index (κ2) is 12.1. The predicted octanol–water partition coefficient (Wildman–Crippen LogP) is 3.71. The van der Waals surface area contributed by atoms with Crippen molar-refractivity contribution in [2.75, 3.05) is 43.5 Å². The van der Waals surface area contributed by atoms with E-state index in [0.29, 0.717) is 30.3 Å². The Morgan fingerprint density at radius 3 is 2.08 bits per heavy atom. The maximum Gasteiger partial charge on any atom is 0.264 e. The van der Waals surface area contributed by atoms with Crippen molar-refractivity contribution in [1.29, 1.82) is 0 Å². The van der Waals surface area contributed by atoms with Crippen molar-refractivity contribution in [3.8, 4) is 11.5 Å². The molecule has 1 aliphatic rings. The standard InChI is InChI=1S/C27H31N3O7S2/c1-36-25-16-13-22(19-26(25)37-2)30(39(34,35)23-9-5-3-6-10-23)20-27(31)28-21-11-14-24(15-12-21)38(32,33)29-17-7-4-8-18-29/h3,5-6,9-16,19H,4,7-8,17-18,20H2,1-2H3,(H,28,31). The van der Waals surface area contributed by atoms with Gasteiger partial charge >= 0.3 is 0 Å². The van der Waals surface area contributed by atoms with E-state index in [0.717, 1.165) is 23.6 Å². The Morgan fingerprint density at radius 1 is 0.821 bits per heavy atom. The number of piperidine rings is 1. The quantitative estimate of drug-likeness (QED) is 0.392. The Hall–Kier alpha value is -3.61. The van der Waals surface area contributed by atoms with Crippen LogP contribution in [0.3, 0.4) is 0 Å². The molecule has 0 aromatic heterocycles. The Labute approximate surface area is 229 Å². The van der Waals surface area contributed by atoms with Crippen LogP contribution in [0, 0.1) is 0 Å². The minimum Gasteiger partial charge on any atom is -0.493 e. The average molecular weight is 574 g/mol. The molecule has 0 unspecified atom stereocenters. The molecule has 0 bridgehead atoms. The first-order chi connectivity index (χ1) is 18.7. The lowest BCUT2D eigenvalue weighted by molar-refractivity contribution is -0.114. The lowest BCUT2D eigenvalue weighted by Crippen LogP contribution is -2.38. The molecule has 4 rings (SSSR count). The third-order valence-corrected chi connectivity index (χ3v) is 10.1. The number of hydrogen-bond donors (Lipinski definition) is 1. The van der Waals surface area contributed by atoms with Crippen LogP contribution in [0.1, 0.15) is 19.3 Å². The third-order valence-electron chi connectivity index (χ3n) is 6.36. The minimum atomic E-state index is -4.13. The van der Waals surface area contributed by atoms with E-state index in [1.807, 2.05) is 0 Å². The predicted molar refractivity (Wildman–Crippen MR) is 148 cm³/mol. The Morgan fingerprint density at radius 2 is 1.46 bits per heavy atom. The molecule has 1 aliphatic heterocycles. The SMILES string of the molecule is COc1ccc(N(CC(=O)Nc2ccc(S(=O)(=O)N3CCCCC3)cc2)S(=O)(=O)c2ccccc2)cc1OC. The number of benzene rings is 3. The van der Waals surface area contributed by atoms with Gasteiger partial charge in [0.15, 0.2) is 11.5 Å². The average Bonchev–Trinajstić information content (AvgIpc) is 2.96. The summed E-state index contributed by atoms with van der Waals surface area (Å²) in [5.41, 5.74) is 0.539. The van der Waals surface area contributed by atoms with E-state index in [-0.39, 0.29) is 15.5 Å². The van der Waals surface area contributed by atoms with Gasteiger partial charge in [0.2, 0.25) is 15.9 Å². The Kier molecular flexibility index (Phi) is 8.78. The van der Waals surface area contributed by atoms with E-state index in [9.17, 15) is 21.6 Å². The Bertz CT molecular complexity index is 1500. The number of methoxy groups -OCH3 is 2. The second-order valence-corrected chi connectivity index (χ2v) is 12.7. The van der Waals surface area contributed by atoms with Crippen LogP contribution >= 0.6 is 0 Å². The van der Waals surface area contributed by atoms with E-state index in [1.165, 1.54) is 67.1 Å². The molecule has 12 heteroatoms. The zero-order valence-corrected chi connectivity index (χ0v) is 23.4. The number of nitrogens with zero attached hydrogens (tertiary/aromatic N) is 2. The molecule has 0 atom stereocenters. The highest BCUT2D eigenvalue weighted by atomic mass is 32.2. The fourth-order valence-corrected chi connectivity index (χ4v) is 7.26. The minimum absolute atomic E-state index is 0.0138. The molecule has 1 amide bonds. The molecule has 0 radical (unpaired) electrons. The van der Waals surface area contributed by atoms with Gasteiger partial charge in [-0.15, -0.1) is 0 Å². The third kappa shape index (κ3) is 6.35. The van der Waals surface area contributed by atoms with Crippen molar-refractivity contribution in [2.24, 2.45) is 0 Å². The van der Waals surface area contributed by atoms with Gasteiger partial charge < -0.3 is 14.8 Å². The molecule has 0 aliphatic carbocycles. The van der Waals surface area contributed by atoms with Crippen LogP contribution in [0.2, 0.25) is 0 Å². The summed E-state index contributed by atoms with van der Waals surface area (Å²) in [5, 5.41) is 2.67. The van der Waals surface area contributed by atoms with Gasteiger partial charge in [0.05, 0.1) is 29.7 Å². The molecule has 208 valence electrons. The summed E-state index contributed by atoms with van der Waals surface area (Å²) in [5.74, 6) is 0.0902. The smallest absolute Gasteiger partial charge is 0.264 e. The number of amides is 1. The molecule has 1 N–H and O–H groups in total. The molecule has 0 saturated carbocycles. The number of anilines is 2. The van der Waals surface area contributed by atoms with Crippen LogP contribution in [0.25, 0.3) is 0 Å². The largest absolute Gasteiger partial charge is 0.493 e. The van der Waals surface area contributed by atoms with Crippen LogP contribution in [-0.4, -0.2) is 60.9 Å². The summed E-state index contributed by atoms with van der Waals surface area (Å²) < 4.78 is 66.0. The molecule has 3 aromatic carbocycles. The van der Waals surface area contributed by atoms with Crippen molar-refractivity contribution in [1.82, 2.24) is 4.31 Å². The number of rotatable bonds is 10. The van der Waals surface area contributed by atoms with Crippen LogP contribution in [0.5, 0.6) is 11.5 Å². The van der Waals surface area contributed by atoms with Crippen molar-refractivity contribution in [2.45, 2.75) is 29.1 Å². The molecular formula is C27H31N3O7S2. The van der Waals surface area contributed by atoms with Gasteiger partial charge in [-0.2, -0.15) is 4.31 Å². The number of carbonyl (C=O) groups excluding carboxylic acids is 1. The van der Waals surface area contributed by atoms with Crippen LogP contribution in [0.15, 0.2) is 82.6 Å². The summed E-state index contributed by atoms with van der Waals surface area (Å²) in [6, 6.07) is 18.2. The topological polar surface area (TPSA) is 122 Å².